The fourth-order valence-corrected chi connectivity index (χ4v) is 5.11. The van der Waals surface area contributed by atoms with Crippen molar-refractivity contribution in [1.82, 2.24) is 10.0 Å². The number of carbonyl (C=O) groups excluding carboxylic acids is 3. The molecule has 162 valence electrons. The molecule has 1 aliphatic carbocycles. The molecular weight excluding hydrogens is 459 g/mol. The zero-order chi connectivity index (χ0) is 22.3. The Labute approximate surface area is 195 Å². The lowest BCUT2D eigenvalue weighted by molar-refractivity contribution is -0.155. The Kier molecular flexibility index (Phi) is 6.29. The molecule has 3 atom stereocenters. The summed E-state index contributed by atoms with van der Waals surface area (Å²) in [5.41, 5.74) is 0.772. The molecule has 0 unspecified atom stereocenters. The van der Waals surface area contributed by atoms with E-state index >= 15 is 0 Å². The number of nitrogens with zero attached hydrogens (tertiary/aromatic N) is 2. The van der Waals surface area contributed by atoms with Crippen LogP contribution in [0.5, 0.6) is 0 Å². The Balaban J connectivity index is 1.75. The van der Waals surface area contributed by atoms with Gasteiger partial charge in [-0.05, 0) is 55.0 Å². The van der Waals surface area contributed by atoms with Crippen LogP contribution >= 0.6 is 34.8 Å². The summed E-state index contributed by atoms with van der Waals surface area (Å²) in [7, 11) is 0. The van der Waals surface area contributed by atoms with E-state index in [-0.39, 0.29) is 28.9 Å². The summed E-state index contributed by atoms with van der Waals surface area (Å²) in [6.45, 7) is 2.02. The van der Waals surface area contributed by atoms with Crippen molar-refractivity contribution < 1.29 is 14.4 Å². The Bertz CT molecular complexity index is 1060. The van der Waals surface area contributed by atoms with E-state index in [1.54, 1.807) is 42.5 Å². The monoisotopic (exact) mass is 478 g/mol. The molecule has 2 fully saturated rings. The largest absolute Gasteiger partial charge is 0.274 e. The summed E-state index contributed by atoms with van der Waals surface area (Å²) < 4.78 is 0. The second-order valence-electron chi connectivity index (χ2n) is 8.20. The first kappa shape index (κ1) is 22.1. The smallest absolute Gasteiger partial charge is 0.272 e. The van der Waals surface area contributed by atoms with E-state index in [9.17, 15) is 14.4 Å². The Morgan fingerprint density at radius 3 is 2.42 bits per heavy atom. The summed E-state index contributed by atoms with van der Waals surface area (Å²) >= 11 is 18.6. The number of hydrogen-bond donors (Lipinski definition) is 0. The lowest BCUT2D eigenvalue weighted by Gasteiger charge is -2.31. The minimum atomic E-state index is -0.537. The lowest BCUT2D eigenvalue weighted by atomic mass is 9.76. The van der Waals surface area contributed by atoms with Gasteiger partial charge in [-0.3, -0.25) is 14.4 Å². The van der Waals surface area contributed by atoms with E-state index in [4.69, 9.17) is 34.8 Å². The molecule has 2 aromatic rings. The number of hydrazine groups is 1. The minimum Gasteiger partial charge on any atom is -0.272 e. The SMILES string of the molecule is C[C@@H]1CC[C@H]2C(=O)N(N(Cc3ccc(Cl)cc3Cl)C(=O)c3ccccc3Cl)C(=O)[C@H]2C1. The van der Waals surface area contributed by atoms with Crippen LogP contribution in [0.25, 0.3) is 0 Å². The van der Waals surface area contributed by atoms with Gasteiger partial charge in [-0.15, -0.1) is 0 Å². The number of amides is 3. The summed E-state index contributed by atoms with van der Waals surface area (Å²) in [5.74, 6) is -1.66. The second kappa shape index (κ2) is 8.81. The fourth-order valence-electron chi connectivity index (χ4n) is 4.43. The average molecular weight is 480 g/mol. The summed E-state index contributed by atoms with van der Waals surface area (Å²) in [6.07, 6.45) is 2.17. The minimum absolute atomic E-state index is 0.0630. The van der Waals surface area contributed by atoms with Crippen LogP contribution in [-0.2, 0) is 16.1 Å². The average Bonchev–Trinajstić information content (AvgIpc) is 2.97. The van der Waals surface area contributed by atoms with Crippen LogP contribution in [0, 0.1) is 17.8 Å². The fraction of sp³-hybridized carbons (Fsp3) is 0.348. The highest BCUT2D eigenvalue weighted by atomic mass is 35.5. The number of halogens is 3. The third kappa shape index (κ3) is 4.19. The van der Waals surface area contributed by atoms with Gasteiger partial charge in [0.05, 0.1) is 29.0 Å². The maximum atomic E-state index is 13.5. The van der Waals surface area contributed by atoms with Gasteiger partial charge >= 0.3 is 0 Å². The Hall–Kier alpha value is -2.08. The van der Waals surface area contributed by atoms with Gasteiger partial charge in [-0.25, -0.2) is 5.01 Å². The van der Waals surface area contributed by atoms with E-state index in [2.05, 4.69) is 6.92 Å². The van der Waals surface area contributed by atoms with E-state index in [1.165, 1.54) is 5.01 Å². The molecule has 3 amide bonds. The van der Waals surface area contributed by atoms with Crippen molar-refractivity contribution in [3.8, 4) is 0 Å². The molecule has 1 saturated heterocycles. The van der Waals surface area contributed by atoms with Gasteiger partial charge < -0.3 is 0 Å². The topological polar surface area (TPSA) is 57.7 Å². The highest BCUT2D eigenvalue weighted by Gasteiger charge is 2.52. The first-order valence-corrected chi connectivity index (χ1v) is 11.3. The highest BCUT2D eigenvalue weighted by molar-refractivity contribution is 6.35. The van der Waals surface area contributed by atoms with Gasteiger partial charge in [0.1, 0.15) is 0 Å². The molecule has 1 aliphatic heterocycles. The van der Waals surface area contributed by atoms with Crippen LogP contribution in [-0.4, -0.2) is 27.7 Å². The van der Waals surface area contributed by atoms with Crippen LogP contribution in [0.4, 0.5) is 0 Å². The maximum absolute atomic E-state index is 13.5. The maximum Gasteiger partial charge on any atom is 0.274 e. The second-order valence-corrected chi connectivity index (χ2v) is 9.45. The molecule has 8 heteroatoms. The van der Waals surface area contributed by atoms with E-state index in [0.717, 1.165) is 11.4 Å². The van der Waals surface area contributed by atoms with Crippen LogP contribution in [0.3, 0.4) is 0 Å². The number of hydrogen-bond acceptors (Lipinski definition) is 3. The van der Waals surface area contributed by atoms with Crippen molar-refractivity contribution in [2.24, 2.45) is 17.8 Å². The van der Waals surface area contributed by atoms with Gasteiger partial charge in [0.25, 0.3) is 17.7 Å². The molecule has 0 aromatic heterocycles. The molecule has 5 nitrogen and oxygen atoms in total. The van der Waals surface area contributed by atoms with Gasteiger partial charge in [0.15, 0.2) is 0 Å². The van der Waals surface area contributed by atoms with E-state index in [1.807, 2.05) is 0 Å². The molecule has 4 rings (SSSR count). The molecule has 31 heavy (non-hydrogen) atoms. The molecule has 0 spiro atoms. The van der Waals surface area contributed by atoms with Gasteiger partial charge in [0.2, 0.25) is 0 Å². The number of carbonyl (C=O) groups is 3. The van der Waals surface area contributed by atoms with Crippen LogP contribution in [0.15, 0.2) is 42.5 Å². The van der Waals surface area contributed by atoms with Gasteiger partial charge in [0, 0.05) is 10.0 Å². The lowest BCUT2D eigenvalue weighted by Crippen LogP contribution is -2.50. The van der Waals surface area contributed by atoms with Crippen molar-refractivity contribution in [1.29, 1.82) is 0 Å². The molecule has 0 bridgehead atoms. The third-order valence-corrected chi connectivity index (χ3v) is 7.00. The molecule has 1 heterocycles. The normalized spacial score (nSPS) is 23.1. The molecular formula is C23H21Cl3N2O3. The van der Waals surface area contributed by atoms with Crippen LogP contribution in [0.2, 0.25) is 15.1 Å². The molecule has 2 aromatic carbocycles. The van der Waals surface area contributed by atoms with Crippen molar-refractivity contribution in [3.05, 3.63) is 68.7 Å². The third-order valence-electron chi connectivity index (χ3n) is 6.08. The highest BCUT2D eigenvalue weighted by Crippen LogP contribution is 2.41. The molecule has 0 N–H and O–H groups in total. The van der Waals surface area contributed by atoms with Crippen molar-refractivity contribution >= 4 is 52.5 Å². The predicted octanol–water partition coefficient (Wildman–Crippen LogP) is 5.63. The van der Waals surface area contributed by atoms with Crippen LogP contribution in [0.1, 0.15) is 42.1 Å². The summed E-state index contributed by atoms with van der Waals surface area (Å²) in [5, 5.41) is 3.22. The Morgan fingerprint density at radius 1 is 1.00 bits per heavy atom. The van der Waals surface area contributed by atoms with Crippen LogP contribution < -0.4 is 0 Å². The van der Waals surface area contributed by atoms with Gasteiger partial charge in [-0.2, -0.15) is 5.01 Å². The van der Waals surface area contributed by atoms with Crippen molar-refractivity contribution in [2.45, 2.75) is 32.7 Å². The number of imide groups is 1. The standard InChI is InChI=1S/C23H21Cl3N2O3/c1-13-6-9-16-18(10-13)23(31)28(22(16)30)27(12-14-7-8-15(24)11-20(14)26)21(29)17-4-2-3-5-19(17)25/h2-5,7-8,11,13,16,18H,6,9-10,12H2,1H3/t13-,16-,18+/m1/s1. The number of benzene rings is 2. The molecule has 2 aliphatic rings. The van der Waals surface area contributed by atoms with E-state index in [0.29, 0.717) is 34.4 Å². The number of rotatable bonds is 4. The first-order valence-electron chi connectivity index (χ1n) is 10.2. The molecule has 0 radical (unpaired) electrons. The quantitative estimate of drug-likeness (QED) is 0.534. The zero-order valence-electron chi connectivity index (χ0n) is 16.9. The number of fused-ring (bicyclic) bond motifs is 1. The zero-order valence-corrected chi connectivity index (χ0v) is 19.1. The van der Waals surface area contributed by atoms with Crippen molar-refractivity contribution in [2.75, 3.05) is 0 Å². The first-order chi connectivity index (χ1) is 14.8. The summed E-state index contributed by atoms with van der Waals surface area (Å²) in [6, 6.07) is 11.4. The predicted molar refractivity (Wildman–Crippen MR) is 120 cm³/mol. The van der Waals surface area contributed by atoms with E-state index < -0.39 is 17.7 Å². The Morgan fingerprint density at radius 2 is 1.71 bits per heavy atom. The van der Waals surface area contributed by atoms with Crippen molar-refractivity contribution in [3.63, 3.8) is 0 Å². The summed E-state index contributed by atoms with van der Waals surface area (Å²) in [4.78, 5) is 40.1. The van der Waals surface area contributed by atoms with Gasteiger partial charge in [-0.1, -0.05) is 59.9 Å². The molecule has 1 saturated carbocycles.